The first-order valence-electron chi connectivity index (χ1n) is 10.9. The lowest BCUT2D eigenvalue weighted by Crippen LogP contribution is -2.42. The molecule has 0 radical (unpaired) electrons. The van der Waals surface area contributed by atoms with Gasteiger partial charge >= 0.3 is 0 Å². The zero-order chi connectivity index (χ0) is 22.9. The zero-order valence-corrected chi connectivity index (χ0v) is 17.8. The number of hydrogen-bond donors (Lipinski definition) is 2. The Labute approximate surface area is 191 Å². The van der Waals surface area contributed by atoms with Gasteiger partial charge in [-0.2, -0.15) is 0 Å². The number of aliphatic hydroxyl groups is 1. The fourth-order valence-corrected chi connectivity index (χ4v) is 4.70. The van der Waals surface area contributed by atoms with Crippen LogP contribution < -0.4 is 4.90 Å². The summed E-state index contributed by atoms with van der Waals surface area (Å²) in [6, 6.07) is 18.5. The maximum atomic E-state index is 13.7. The number of aromatic nitrogens is 1. The van der Waals surface area contributed by atoms with Crippen LogP contribution in [0.4, 0.5) is 10.1 Å². The summed E-state index contributed by atoms with van der Waals surface area (Å²) in [5.41, 5.74) is 3.48. The molecule has 2 N–H and O–H groups in total. The highest BCUT2D eigenvalue weighted by atomic mass is 19.1. The molecule has 1 aromatic heterocycles. The van der Waals surface area contributed by atoms with Crippen molar-refractivity contribution in [2.45, 2.75) is 25.2 Å². The van der Waals surface area contributed by atoms with Crippen LogP contribution in [-0.4, -0.2) is 21.7 Å². The molecular formula is C27H22FN3O2. The third-order valence-electron chi connectivity index (χ3n) is 6.16. The first-order valence-corrected chi connectivity index (χ1v) is 10.9. The highest BCUT2D eigenvalue weighted by Crippen LogP contribution is 2.47. The molecule has 0 bridgehead atoms. The summed E-state index contributed by atoms with van der Waals surface area (Å²) in [6.07, 6.45) is 5.01. The van der Waals surface area contributed by atoms with Gasteiger partial charge in [0, 0.05) is 52.8 Å². The molecule has 0 fully saturated rings. The molecule has 164 valence electrons. The number of amidine groups is 1. The van der Waals surface area contributed by atoms with Gasteiger partial charge in [0.15, 0.2) is 5.78 Å². The van der Waals surface area contributed by atoms with Gasteiger partial charge in [0.2, 0.25) is 0 Å². The molecule has 5 nitrogen and oxygen atoms in total. The minimum atomic E-state index is -0.620. The third kappa shape index (κ3) is 3.63. The van der Waals surface area contributed by atoms with Gasteiger partial charge in [0.1, 0.15) is 17.4 Å². The number of carbonyl (C=O) groups excluding carboxylic acids is 1. The van der Waals surface area contributed by atoms with Crippen molar-refractivity contribution in [1.82, 2.24) is 4.98 Å². The second kappa shape index (κ2) is 8.47. The molecule has 2 aliphatic rings. The van der Waals surface area contributed by atoms with Crippen LogP contribution in [0.15, 0.2) is 96.0 Å². The molecule has 0 spiro atoms. The summed E-state index contributed by atoms with van der Waals surface area (Å²) in [5, 5.41) is 20.6. The number of carbonyl (C=O) groups is 1. The predicted molar refractivity (Wildman–Crippen MR) is 125 cm³/mol. The summed E-state index contributed by atoms with van der Waals surface area (Å²) >= 11 is 0. The SMILES string of the molecule is N=C1C(=C(O)c2ccccc2)[C@@H](c2cccnc2)C2=C(CCCC2=O)N1c1ccc(F)cc1. The van der Waals surface area contributed by atoms with Crippen LogP contribution in [0.2, 0.25) is 0 Å². The maximum absolute atomic E-state index is 13.7. The van der Waals surface area contributed by atoms with Crippen LogP contribution in [0, 0.1) is 11.2 Å². The largest absolute Gasteiger partial charge is 0.507 e. The number of benzene rings is 2. The molecule has 3 aromatic rings. The Morgan fingerprint density at radius 2 is 1.79 bits per heavy atom. The number of anilines is 1. The Morgan fingerprint density at radius 1 is 1.03 bits per heavy atom. The van der Waals surface area contributed by atoms with Crippen LogP contribution in [-0.2, 0) is 4.79 Å². The smallest absolute Gasteiger partial charge is 0.161 e. The van der Waals surface area contributed by atoms with Gasteiger partial charge in [-0.05, 0) is 48.7 Å². The monoisotopic (exact) mass is 439 g/mol. The summed E-state index contributed by atoms with van der Waals surface area (Å²) in [7, 11) is 0. The van der Waals surface area contributed by atoms with E-state index in [2.05, 4.69) is 4.98 Å². The second-order valence-electron chi connectivity index (χ2n) is 8.15. The van der Waals surface area contributed by atoms with Crippen LogP contribution >= 0.6 is 0 Å². The molecule has 1 aliphatic carbocycles. The average Bonchev–Trinajstić information content (AvgIpc) is 2.85. The molecule has 2 aromatic carbocycles. The average molecular weight is 439 g/mol. The first kappa shape index (κ1) is 20.8. The Balaban J connectivity index is 1.82. The highest BCUT2D eigenvalue weighted by Gasteiger charge is 2.43. The van der Waals surface area contributed by atoms with E-state index in [-0.39, 0.29) is 23.2 Å². The van der Waals surface area contributed by atoms with Gasteiger partial charge in [-0.25, -0.2) is 4.39 Å². The Kier molecular flexibility index (Phi) is 5.34. The summed E-state index contributed by atoms with van der Waals surface area (Å²) in [5.74, 6) is -1.02. The van der Waals surface area contributed by atoms with Crippen molar-refractivity contribution >= 4 is 23.1 Å². The van der Waals surface area contributed by atoms with Gasteiger partial charge in [-0.3, -0.25) is 20.1 Å². The lowest BCUT2D eigenvalue weighted by molar-refractivity contribution is -0.116. The number of allylic oxidation sites excluding steroid dienone is 2. The molecule has 33 heavy (non-hydrogen) atoms. The van der Waals surface area contributed by atoms with E-state index >= 15 is 0 Å². The van der Waals surface area contributed by atoms with E-state index in [1.54, 1.807) is 47.6 Å². The second-order valence-corrected chi connectivity index (χ2v) is 8.15. The number of halogens is 1. The van der Waals surface area contributed by atoms with E-state index in [4.69, 9.17) is 0 Å². The number of nitrogens with zero attached hydrogens (tertiary/aromatic N) is 2. The topological polar surface area (TPSA) is 77.3 Å². The highest BCUT2D eigenvalue weighted by molar-refractivity contribution is 6.19. The zero-order valence-electron chi connectivity index (χ0n) is 17.8. The van der Waals surface area contributed by atoms with E-state index in [0.29, 0.717) is 41.7 Å². The van der Waals surface area contributed by atoms with Crippen LogP contribution in [0.25, 0.3) is 5.76 Å². The molecule has 0 amide bonds. The maximum Gasteiger partial charge on any atom is 0.161 e. The van der Waals surface area contributed by atoms with Gasteiger partial charge in [0.25, 0.3) is 0 Å². The normalized spacial score (nSPS) is 20.0. The Hall–Kier alpha value is -4.06. The van der Waals surface area contributed by atoms with Crippen molar-refractivity contribution in [2.75, 3.05) is 4.90 Å². The summed E-state index contributed by atoms with van der Waals surface area (Å²) < 4.78 is 13.7. The van der Waals surface area contributed by atoms with Crippen molar-refractivity contribution < 1.29 is 14.3 Å². The first-order chi connectivity index (χ1) is 16.1. The molecule has 0 unspecified atom stereocenters. The standard InChI is InChI=1S/C27H22FN3O2/c28-19-11-13-20(14-12-19)31-21-9-4-10-22(32)24(21)23(18-8-5-15-30-16-18)25(27(31)29)26(33)17-6-2-1-3-7-17/h1-3,5-8,11-16,23,29,33H,4,9-10H2/t23-/m0/s1. The molecule has 1 aliphatic heterocycles. The number of Topliss-reactive ketones (excluding diaryl/α,β-unsaturated/α-hetero) is 1. The lowest BCUT2D eigenvalue weighted by Gasteiger charge is -2.41. The van der Waals surface area contributed by atoms with E-state index in [9.17, 15) is 19.7 Å². The molecule has 6 heteroatoms. The van der Waals surface area contributed by atoms with Gasteiger partial charge in [-0.1, -0.05) is 36.4 Å². The molecule has 0 saturated carbocycles. The van der Waals surface area contributed by atoms with Crippen LogP contribution in [0.1, 0.15) is 36.3 Å². The van der Waals surface area contributed by atoms with Gasteiger partial charge < -0.3 is 5.11 Å². The van der Waals surface area contributed by atoms with Gasteiger partial charge in [-0.15, -0.1) is 0 Å². The minimum absolute atomic E-state index is 0.0110. The Morgan fingerprint density at radius 3 is 2.48 bits per heavy atom. The quantitative estimate of drug-likeness (QED) is 0.507. The fraction of sp³-hybridized carbons (Fsp3) is 0.148. The Bertz CT molecular complexity index is 1280. The van der Waals surface area contributed by atoms with Crippen molar-refractivity contribution in [3.8, 4) is 0 Å². The summed E-state index contributed by atoms with van der Waals surface area (Å²) in [6.45, 7) is 0. The van der Waals surface area contributed by atoms with Crippen LogP contribution in [0.3, 0.4) is 0 Å². The summed E-state index contributed by atoms with van der Waals surface area (Å²) in [4.78, 5) is 19.2. The third-order valence-corrected chi connectivity index (χ3v) is 6.16. The van der Waals surface area contributed by atoms with Crippen molar-refractivity contribution in [3.05, 3.63) is 113 Å². The van der Waals surface area contributed by atoms with Crippen molar-refractivity contribution in [1.29, 1.82) is 5.41 Å². The number of ketones is 1. The number of aliphatic hydroxyl groups excluding tert-OH is 1. The van der Waals surface area contributed by atoms with Crippen LogP contribution in [0.5, 0.6) is 0 Å². The van der Waals surface area contributed by atoms with Crippen molar-refractivity contribution in [2.24, 2.45) is 0 Å². The van der Waals surface area contributed by atoms with E-state index < -0.39 is 5.92 Å². The number of nitrogens with one attached hydrogen (secondary N) is 1. The predicted octanol–water partition coefficient (Wildman–Crippen LogP) is 5.78. The number of rotatable bonds is 3. The molecule has 5 rings (SSSR count). The minimum Gasteiger partial charge on any atom is -0.507 e. The van der Waals surface area contributed by atoms with E-state index in [0.717, 1.165) is 11.3 Å². The number of hydrogen-bond acceptors (Lipinski definition) is 4. The molecule has 0 saturated heterocycles. The molecule has 2 heterocycles. The lowest BCUT2D eigenvalue weighted by atomic mass is 9.74. The van der Waals surface area contributed by atoms with Gasteiger partial charge in [0.05, 0.1) is 0 Å². The van der Waals surface area contributed by atoms with E-state index in [1.165, 1.54) is 12.1 Å². The van der Waals surface area contributed by atoms with E-state index in [1.807, 2.05) is 24.3 Å². The van der Waals surface area contributed by atoms with Crippen molar-refractivity contribution in [3.63, 3.8) is 0 Å². The number of pyridine rings is 1. The molecular weight excluding hydrogens is 417 g/mol. The molecule has 1 atom stereocenters. The fourth-order valence-electron chi connectivity index (χ4n) is 4.70.